The van der Waals surface area contributed by atoms with E-state index in [1.807, 2.05) is 6.92 Å². The zero-order valence-electron chi connectivity index (χ0n) is 9.06. The molecule has 0 spiro atoms. The van der Waals surface area contributed by atoms with Crippen LogP contribution in [0.1, 0.15) is 26.7 Å². The SMILES string of the molecule is CC1CCCN(CC(C)(O)C(=O)O)C1=O. The van der Waals surface area contributed by atoms with Crippen LogP contribution in [0, 0.1) is 5.92 Å². The number of carboxylic acids is 1. The number of rotatable bonds is 3. The van der Waals surface area contributed by atoms with E-state index >= 15 is 0 Å². The Morgan fingerprint density at radius 1 is 1.67 bits per heavy atom. The highest BCUT2D eigenvalue weighted by atomic mass is 16.4. The lowest BCUT2D eigenvalue weighted by Gasteiger charge is -2.34. The highest BCUT2D eigenvalue weighted by molar-refractivity contribution is 5.81. The number of carbonyl (C=O) groups is 2. The first-order valence-corrected chi connectivity index (χ1v) is 5.09. The Balaban J connectivity index is 2.65. The fourth-order valence-electron chi connectivity index (χ4n) is 1.73. The molecule has 0 aromatic rings. The van der Waals surface area contributed by atoms with Gasteiger partial charge in [-0.3, -0.25) is 4.79 Å². The molecule has 0 aliphatic carbocycles. The van der Waals surface area contributed by atoms with E-state index in [-0.39, 0.29) is 18.4 Å². The van der Waals surface area contributed by atoms with Crippen LogP contribution in [0.2, 0.25) is 0 Å². The van der Waals surface area contributed by atoms with E-state index in [2.05, 4.69) is 0 Å². The van der Waals surface area contributed by atoms with Gasteiger partial charge in [0.2, 0.25) is 5.91 Å². The van der Waals surface area contributed by atoms with Gasteiger partial charge in [-0.2, -0.15) is 0 Å². The van der Waals surface area contributed by atoms with Crippen molar-refractivity contribution < 1.29 is 19.8 Å². The number of likely N-dealkylation sites (tertiary alicyclic amines) is 1. The summed E-state index contributed by atoms with van der Waals surface area (Å²) < 4.78 is 0. The topological polar surface area (TPSA) is 77.8 Å². The molecule has 0 aromatic carbocycles. The Kier molecular flexibility index (Phi) is 3.34. The van der Waals surface area contributed by atoms with Crippen LogP contribution in [0.25, 0.3) is 0 Å². The predicted octanol–water partition coefficient (Wildman–Crippen LogP) is 0.0805. The summed E-state index contributed by atoms with van der Waals surface area (Å²) >= 11 is 0. The minimum Gasteiger partial charge on any atom is -0.479 e. The summed E-state index contributed by atoms with van der Waals surface area (Å²) in [5, 5.41) is 18.3. The van der Waals surface area contributed by atoms with Crippen LogP contribution in [0.3, 0.4) is 0 Å². The lowest BCUT2D eigenvalue weighted by Crippen LogP contribution is -2.51. The Morgan fingerprint density at radius 3 is 2.80 bits per heavy atom. The number of piperidine rings is 1. The number of aliphatic hydroxyl groups is 1. The molecule has 1 heterocycles. The molecule has 1 amide bonds. The molecular formula is C10H17NO4. The number of amides is 1. The first kappa shape index (κ1) is 12.0. The lowest BCUT2D eigenvalue weighted by atomic mass is 9.97. The smallest absolute Gasteiger partial charge is 0.337 e. The fraction of sp³-hybridized carbons (Fsp3) is 0.800. The summed E-state index contributed by atoms with van der Waals surface area (Å²) in [5.41, 5.74) is -1.85. The number of hydrogen-bond donors (Lipinski definition) is 2. The Morgan fingerprint density at radius 2 is 2.27 bits per heavy atom. The van der Waals surface area contributed by atoms with Crippen LogP contribution in [0.4, 0.5) is 0 Å². The Labute approximate surface area is 88.7 Å². The van der Waals surface area contributed by atoms with Gasteiger partial charge in [0.15, 0.2) is 5.60 Å². The molecular weight excluding hydrogens is 198 g/mol. The fourth-order valence-corrected chi connectivity index (χ4v) is 1.73. The van der Waals surface area contributed by atoms with Crippen molar-refractivity contribution >= 4 is 11.9 Å². The number of aliphatic carboxylic acids is 1. The maximum atomic E-state index is 11.6. The molecule has 86 valence electrons. The van der Waals surface area contributed by atoms with Crippen molar-refractivity contribution in [3.8, 4) is 0 Å². The van der Waals surface area contributed by atoms with E-state index in [0.717, 1.165) is 12.8 Å². The molecule has 0 saturated carbocycles. The lowest BCUT2D eigenvalue weighted by molar-refractivity contribution is -0.161. The van der Waals surface area contributed by atoms with Gasteiger partial charge in [0.1, 0.15) is 0 Å². The van der Waals surface area contributed by atoms with Crippen molar-refractivity contribution in [2.24, 2.45) is 5.92 Å². The molecule has 1 saturated heterocycles. The van der Waals surface area contributed by atoms with Crippen LogP contribution < -0.4 is 0 Å². The summed E-state index contributed by atoms with van der Waals surface area (Å²) in [6.45, 7) is 3.43. The highest BCUT2D eigenvalue weighted by Gasteiger charge is 2.36. The molecule has 5 heteroatoms. The van der Waals surface area contributed by atoms with Gasteiger partial charge in [0, 0.05) is 12.5 Å². The maximum absolute atomic E-state index is 11.6. The van der Waals surface area contributed by atoms with E-state index in [9.17, 15) is 14.7 Å². The third kappa shape index (κ3) is 2.68. The van der Waals surface area contributed by atoms with Crippen molar-refractivity contribution in [2.45, 2.75) is 32.3 Å². The quantitative estimate of drug-likeness (QED) is 0.699. The molecule has 2 atom stereocenters. The van der Waals surface area contributed by atoms with Crippen LogP contribution in [0.5, 0.6) is 0 Å². The van der Waals surface area contributed by atoms with Crippen LogP contribution in [-0.4, -0.2) is 45.7 Å². The van der Waals surface area contributed by atoms with Gasteiger partial charge in [-0.25, -0.2) is 4.79 Å². The van der Waals surface area contributed by atoms with E-state index < -0.39 is 11.6 Å². The molecule has 1 fully saturated rings. The molecule has 1 aliphatic heterocycles. The summed E-state index contributed by atoms with van der Waals surface area (Å²) in [5.74, 6) is -1.43. The highest BCUT2D eigenvalue weighted by Crippen LogP contribution is 2.19. The number of β-amino-alcohol motifs (C(OH)–C–C–N with tert-alkyl or cyclic N) is 1. The molecule has 0 radical (unpaired) electrons. The largest absolute Gasteiger partial charge is 0.479 e. The Bertz CT molecular complexity index is 275. The molecule has 0 aromatic heterocycles. The average molecular weight is 215 g/mol. The molecule has 1 aliphatic rings. The van der Waals surface area contributed by atoms with Gasteiger partial charge in [-0.05, 0) is 19.8 Å². The van der Waals surface area contributed by atoms with Crippen LogP contribution in [0.15, 0.2) is 0 Å². The van der Waals surface area contributed by atoms with Gasteiger partial charge < -0.3 is 15.1 Å². The van der Waals surface area contributed by atoms with Crippen molar-refractivity contribution in [2.75, 3.05) is 13.1 Å². The standard InChI is InChI=1S/C10H17NO4/c1-7-4-3-5-11(8(7)12)6-10(2,15)9(13)14/h7,15H,3-6H2,1-2H3,(H,13,14). The number of carbonyl (C=O) groups excluding carboxylic acids is 1. The second-order valence-corrected chi connectivity index (χ2v) is 4.38. The molecule has 1 rings (SSSR count). The summed E-state index contributed by atoms with van der Waals surface area (Å²) in [7, 11) is 0. The van der Waals surface area contributed by atoms with Crippen LogP contribution >= 0.6 is 0 Å². The summed E-state index contributed by atoms with van der Waals surface area (Å²) in [4.78, 5) is 23.8. The van der Waals surface area contributed by atoms with Crippen molar-refractivity contribution in [1.82, 2.24) is 4.90 Å². The minimum atomic E-state index is -1.85. The second kappa shape index (κ2) is 4.18. The molecule has 5 nitrogen and oxygen atoms in total. The van der Waals surface area contributed by atoms with Gasteiger partial charge in [-0.1, -0.05) is 6.92 Å². The molecule has 15 heavy (non-hydrogen) atoms. The van der Waals surface area contributed by atoms with E-state index in [4.69, 9.17) is 5.11 Å². The van der Waals surface area contributed by atoms with Gasteiger partial charge >= 0.3 is 5.97 Å². The van der Waals surface area contributed by atoms with E-state index in [0.29, 0.717) is 6.54 Å². The number of carboxylic acid groups (broad SMARTS) is 1. The van der Waals surface area contributed by atoms with Crippen LogP contribution in [-0.2, 0) is 9.59 Å². The van der Waals surface area contributed by atoms with Crippen molar-refractivity contribution in [3.05, 3.63) is 0 Å². The molecule has 2 N–H and O–H groups in total. The van der Waals surface area contributed by atoms with Gasteiger partial charge in [0.25, 0.3) is 0 Å². The zero-order valence-corrected chi connectivity index (χ0v) is 9.06. The first-order valence-electron chi connectivity index (χ1n) is 5.09. The van der Waals surface area contributed by atoms with Gasteiger partial charge in [0.05, 0.1) is 6.54 Å². The number of hydrogen-bond acceptors (Lipinski definition) is 3. The third-order valence-electron chi connectivity index (χ3n) is 2.76. The Hall–Kier alpha value is -1.10. The van der Waals surface area contributed by atoms with Gasteiger partial charge in [-0.15, -0.1) is 0 Å². The summed E-state index contributed by atoms with van der Waals surface area (Å²) in [6, 6.07) is 0. The third-order valence-corrected chi connectivity index (χ3v) is 2.76. The zero-order chi connectivity index (χ0) is 11.6. The van der Waals surface area contributed by atoms with Crippen molar-refractivity contribution in [1.29, 1.82) is 0 Å². The van der Waals surface area contributed by atoms with E-state index in [1.54, 1.807) is 0 Å². The minimum absolute atomic E-state index is 0.0663. The number of nitrogens with zero attached hydrogens (tertiary/aromatic N) is 1. The summed E-state index contributed by atoms with van der Waals surface area (Å²) in [6.07, 6.45) is 1.70. The monoisotopic (exact) mass is 215 g/mol. The maximum Gasteiger partial charge on any atom is 0.337 e. The van der Waals surface area contributed by atoms with Crippen molar-refractivity contribution in [3.63, 3.8) is 0 Å². The second-order valence-electron chi connectivity index (χ2n) is 4.38. The first-order chi connectivity index (χ1) is 6.84. The molecule has 2 unspecified atom stereocenters. The normalized spacial score (nSPS) is 26.2. The van der Waals surface area contributed by atoms with E-state index in [1.165, 1.54) is 11.8 Å². The molecule has 0 bridgehead atoms. The predicted molar refractivity (Wildman–Crippen MR) is 53.2 cm³/mol. The average Bonchev–Trinajstić information content (AvgIpc) is 2.12.